The van der Waals surface area contributed by atoms with Gasteiger partial charge in [0.25, 0.3) is 10.0 Å². The van der Waals surface area contributed by atoms with Gasteiger partial charge in [-0.2, -0.15) is 4.31 Å². The lowest BCUT2D eigenvalue weighted by Crippen LogP contribution is -2.36. The molecule has 1 aromatic rings. The van der Waals surface area contributed by atoms with E-state index in [-0.39, 0.29) is 20.9 Å². The van der Waals surface area contributed by atoms with Crippen molar-refractivity contribution in [3.63, 3.8) is 0 Å². The number of nitrogens with zero attached hydrogens (tertiary/aromatic N) is 2. The van der Waals surface area contributed by atoms with E-state index in [9.17, 15) is 18.5 Å². The van der Waals surface area contributed by atoms with Crippen LogP contribution in [0.3, 0.4) is 0 Å². The van der Waals surface area contributed by atoms with Gasteiger partial charge in [-0.1, -0.05) is 11.3 Å². The molecule has 2 N–H and O–H groups in total. The number of likely N-dealkylation sites (N-methyl/N-ethyl adjacent to an activating group) is 1. The smallest absolute Gasteiger partial charge is 0.304 e. The second kappa shape index (κ2) is 5.04. The van der Waals surface area contributed by atoms with Gasteiger partial charge in [-0.15, -0.1) is 0 Å². The van der Waals surface area contributed by atoms with E-state index in [4.69, 9.17) is 10.5 Å². The van der Waals surface area contributed by atoms with E-state index in [1.165, 1.54) is 11.4 Å². The Balaban J connectivity index is 2.33. The largest absolute Gasteiger partial charge is 0.385 e. The fourth-order valence-corrected chi connectivity index (χ4v) is 4.56. The maximum absolute atomic E-state index is 12.3. The van der Waals surface area contributed by atoms with Crippen LogP contribution in [0.4, 0.5) is 10.7 Å². The molecule has 2 heterocycles. The lowest BCUT2D eigenvalue weighted by atomic mass is 10.3. The number of sulfonamides is 1. The van der Waals surface area contributed by atoms with Crippen LogP contribution in [0, 0.1) is 10.1 Å². The van der Waals surface area contributed by atoms with Crippen LogP contribution in [-0.2, 0) is 14.8 Å². The minimum atomic E-state index is -3.77. The third-order valence-electron chi connectivity index (χ3n) is 2.97. The van der Waals surface area contributed by atoms with Crippen molar-refractivity contribution in [3.05, 3.63) is 16.2 Å². The number of nitro groups is 1. The average Bonchev–Trinajstić information content (AvgIpc) is 2.96. The van der Waals surface area contributed by atoms with Gasteiger partial charge in [0.2, 0.25) is 0 Å². The highest BCUT2D eigenvalue weighted by molar-refractivity contribution is 7.91. The highest BCUT2D eigenvalue weighted by Crippen LogP contribution is 2.36. The highest BCUT2D eigenvalue weighted by Gasteiger charge is 2.33. The molecule has 1 aliphatic rings. The molecule has 1 aromatic heterocycles. The van der Waals surface area contributed by atoms with Crippen molar-refractivity contribution in [2.24, 2.45) is 0 Å². The van der Waals surface area contributed by atoms with Crippen LogP contribution in [-0.4, -0.2) is 43.9 Å². The zero-order valence-electron chi connectivity index (χ0n) is 10.1. The molecule has 0 saturated carbocycles. The topological polar surface area (TPSA) is 116 Å². The molecule has 10 heteroatoms. The van der Waals surface area contributed by atoms with E-state index in [2.05, 4.69) is 0 Å². The van der Waals surface area contributed by atoms with E-state index < -0.39 is 14.9 Å². The molecule has 0 aromatic carbocycles. The van der Waals surface area contributed by atoms with Gasteiger partial charge in [-0.3, -0.25) is 10.1 Å². The highest BCUT2D eigenvalue weighted by atomic mass is 32.2. The van der Waals surface area contributed by atoms with Crippen molar-refractivity contribution in [1.29, 1.82) is 0 Å². The summed E-state index contributed by atoms with van der Waals surface area (Å²) in [4.78, 5) is 10.0. The van der Waals surface area contributed by atoms with Gasteiger partial charge in [0.05, 0.1) is 17.6 Å². The Bertz CT molecular complexity index is 591. The fourth-order valence-electron chi connectivity index (χ4n) is 1.79. The lowest BCUT2D eigenvalue weighted by Gasteiger charge is -2.21. The zero-order valence-corrected chi connectivity index (χ0v) is 11.7. The summed E-state index contributed by atoms with van der Waals surface area (Å²) in [5.41, 5.74) is 5.09. The van der Waals surface area contributed by atoms with E-state index in [0.29, 0.717) is 31.0 Å². The minimum absolute atomic E-state index is 0.111. The van der Waals surface area contributed by atoms with Crippen molar-refractivity contribution in [2.75, 3.05) is 26.0 Å². The Morgan fingerprint density at radius 2 is 2.32 bits per heavy atom. The summed E-state index contributed by atoms with van der Waals surface area (Å²) in [6.45, 7) is 0.843. The summed E-state index contributed by atoms with van der Waals surface area (Å²) in [5, 5.41) is 10.6. The Morgan fingerprint density at radius 1 is 1.63 bits per heavy atom. The van der Waals surface area contributed by atoms with Gasteiger partial charge in [0, 0.05) is 19.7 Å². The Kier molecular flexibility index (Phi) is 3.76. The molecule has 0 aliphatic carbocycles. The van der Waals surface area contributed by atoms with E-state index in [1.54, 1.807) is 0 Å². The maximum atomic E-state index is 12.3. The van der Waals surface area contributed by atoms with Crippen LogP contribution in [0.2, 0.25) is 0 Å². The zero-order chi connectivity index (χ0) is 14.2. The first-order valence-electron chi connectivity index (χ1n) is 5.43. The standard InChI is InChI=1S/C9H13N3O5S2/c1-11(6-2-3-17-5-6)19(15,16)8-4-7(12(13)14)9(10)18-8/h4,6H,2-3,5,10H2,1H3. The third-order valence-corrected chi connectivity index (χ3v) is 6.28. The number of anilines is 1. The number of nitrogen functional groups attached to an aromatic ring is 1. The molecule has 2 rings (SSSR count). The third kappa shape index (κ3) is 2.56. The van der Waals surface area contributed by atoms with Crippen molar-refractivity contribution in [3.8, 4) is 0 Å². The second-order valence-corrected chi connectivity index (χ2v) is 7.42. The van der Waals surface area contributed by atoms with E-state index in [0.717, 1.165) is 6.07 Å². The molecule has 0 radical (unpaired) electrons. The van der Waals surface area contributed by atoms with Gasteiger partial charge < -0.3 is 10.5 Å². The predicted octanol–water partition coefficient (Wildman–Crippen LogP) is 0.648. The van der Waals surface area contributed by atoms with Crippen molar-refractivity contribution >= 4 is 32.0 Å². The molecule has 1 unspecified atom stereocenters. The molecule has 0 spiro atoms. The van der Waals surface area contributed by atoms with Crippen molar-refractivity contribution < 1.29 is 18.1 Å². The average molecular weight is 307 g/mol. The monoisotopic (exact) mass is 307 g/mol. The molecule has 1 fully saturated rings. The molecule has 1 atom stereocenters. The van der Waals surface area contributed by atoms with Gasteiger partial charge in [-0.25, -0.2) is 8.42 Å². The Labute approximate surface area is 114 Å². The summed E-state index contributed by atoms with van der Waals surface area (Å²) in [6, 6.07) is 0.758. The SMILES string of the molecule is CN(C1CCOC1)S(=O)(=O)c1cc([N+](=O)[O-])c(N)s1. The van der Waals surface area contributed by atoms with Gasteiger partial charge in [0.1, 0.15) is 4.21 Å². The molecule has 19 heavy (non-hydrogen) atoms. The van der Waals surface area contributed by atoms with E-state index >= 15 is 0 Å². The minimum Gasteiger partial charge on any atom is -0.385 e. The number of thiophene rings is 1. The van der Waals surface area contributed by atoms with Gasteiger partial charge in [-0.05, 0) is 6.42 Å². The summed E-state index contributed by atoms with van der Waals surface area (Å²) >= 11 is 0.702. The first-order valence-corrected chi connectivity index (χ1v) is 7.69. The Morgan fingerprint density at radius 3 is 2.79 bits per heavy atom. The molecule has 1 saturated heterocycles. The van der Waals surface area contributed by atoms with E-state index in [1.807, 2.05) is 0 Å². The predicted molar refractivity (Wildman–Crippen MR) is 69.6 cm³/mol. The molecule has 0 bridgehead atoms. The quantitative estimate of drug-likeness (QED) is 0.645. The number of hydrogen-bond acceptors (Lipinski definition) is 7. The van der Waals surface area contributed by atoms with Crippen LogP contribution < -0.4 is 5.73 Å². The summed E-state index contributed by atoms with van der Waals surface area (Å²) in [6.07, 6.45) is 0.610. The molecular weight excluding hydrogens is 294 g/mol. The van der Waals surface area contributed by atoms with Crippen LogP contribution >= 0.6 is 11.3 Å². The number of ether oxygens (including phenoxy) is 1. The van der Waals surface area contributed by atoms with Crippen LogP contribution in [0.5, 0.6) is 0 Å². The number of rotatable bonds is 4. The lowest BCUT2D eigenvalue weighted by molar-refractivity contribution is -0.383. The molecule has 1 aliphatic heterocycles. The molecular formula is C9H13N3O5S2. The normalized spacial score (nSPS) is 20.0. The summed E-state index contributed by atoms with van der Waals surface area (Å²) in [7, 11) is -2.33. The number of nitrogens with two attached hydrogens (primary N) is 1. The van der Waals surface area contributed by atoms with Crippen molar-refractivity contribution in [2.45, 2.75) is 16.7 Å². The fraction of sp³-hybridized carbons (Fsp3) is 0.556. The molecule has 8 nitrogen and oxygen atoms in total. The van der Waals surface area contributed by atoms with Gasteiger partial charge in [0.15, 0.2) is 5.00 Å². The first kappa shape index (κ1) is 14.2. The number of hydrogen-bond donors (Lipinski definition) is 1. The molecule has 106 valence electrons. The first-order chi connectivity index (χ1) is 8.84. The van der Waals surface area contributed by atoms with Crippen LogP contribution in [0.15, 0.2) is 10.3 Å². The second-order valence-electron chi connectivity index (χ2n) is 4.11. The van der Waals surface area contributed by atoms with Crippen LogP contribution in [0.25, 0.3) is 0 Å². The molecule has 0 amide bonds. The summed E-state index contributed by atoms with van der Waals surface area (Å²) < 4.78 is 30.8. The van der Waals surface area contributed by atoms with Crippen molar-refractivity contribution in [1.82, 2.24) is 4.31 Å². The Hall–Kier alpha value is -1.23. The van der Waals surface area contributed by atoms with Crippen LogP contribution in [0.1, 0.15) is 6.42 Å². The van der Waals surface area contributed by atoms with Gasteiger partial charge >= 0.3 is 5.69 Å². The summed E-state index contributed by atoms with van der Waals surface area (Å²) in [5.74, 6) is 0. The maximum Gasteiger partial charge on any atom is 0.304 e.